The molecule has 0 aromatic heterocycles. The molecule has 18 heavy (non-hydrogen) atoms. The van der Waals surface area contributed by atoms with E-state index in [1.807, 2.05) is 13.1 Å². The molecule has 1 fully saturated rings. The van der Waals surface area contributed by atoms with E-state index >= 15 is 0 Å². The summed E-state index contributed by atoms with van der Waals surface area (Å²) in [5, 5.41) is 0.0140. The van der Waals surface area contributed by atoms with E-state index in [9.17, 15) is 9.18 Å². The largest absolute Gasteiger partial charge is 0.494 e. The first-order chi connectivity index (χ1) is 8.61. The van der Waals surface area contributed by atoms with Gasteiger partial charge in [-0.25, -0.2) is 4.39 Å². The topological polar surface area (TPSA) is 29.5 Å². The van der Waals surface area contributed by atoms with Gasteiger partial charge in [-0.05, 0) is 24.1 Å². The zero-order valence-electron chi connectivity index (χ0n) is 10.5. The van der Waals surface area contributed by atoms with E-state index in [0.29, 0.717) is 5.75 Å². The Morgan fingerprint density at radius 2 is 2.33 bits per heavy atom. The van der Waals surface area contributed by atoms with E-state index < -0.39 is 0 Å². The number of ether oxygens (including phenoxy) is 1. The van der Waals surface area contributed by atoms with Gasteiger partial charge in [-0.1, -0.05) is 6.07 Å². The maximum atomic E-state index is 13.5. The minimum Gasteiger partial charge on any atom is -0.494 e. The summed E-state index contributed by atoms with van der Waals surface area (Å²) in [4.78, 5) is 13.4. The van der Waals surface area contributed by atoms with Crippen molar-refractivity contribution in [1.29, 1.82) is 0 Å². The van der Waals surface area contributed by atoms with Crippen molar-refractivity contribution in [3.05, 3.63) is 29.6 Å². The van der Waals surface area contributed by atoms with Gasteiger partial charge in [-0.15, -0.1) is 11.8 Å². The number of amides is 1. The van der Waals surface area contributed by atoms with Gasteiger partial charge >= 0.3 is 0 Å². The first kappa shape index (κ1) is 13.2. The number of nitrogens with zero attached hydrogens (tertiary/aromatic N) is 1. The van der Waals surface area contributed by atoms with Gasteiger partial charge < -0.3 is 9.64 Å². The van der Waals surface area contributed by atoms with Crippen LogP contribution >= 0.6 is 11.8 Å². The number of methoxy groups -OCH3 is 1. The number of benzene rings is 1. The maximum absolute atomic E-state index is 13.5. The molecule has 0 radical (unpaired) electrons. The molecule has 1 aliphatic heterocycles. The van der Waals surface area contributed by atoms with Crippen LogP contribution in [0.4, 0.5) is 4.39 Å². The van der Waals surface area contributed by atoms with E-state index in [2.05, 4.69) is 0 Å². The summed E-state index contributed by atoms with van der Waals surface area (Å²) in [6.07, 6.45) is 0.874. The number of halogens is 1. The first-order valence-corrected chi connectivity index (χ1v) is 6.85. The third kappa shape index (κ3) is 2.77. The van der Waals surface area contributed by atoms with Crippen LogP contribution in [0.5, 0.6) is 5.75 Å². The SMILES string of the molecule is COc1ccc(CS[C@@H]2CCN(C)C2=O)cc1F. The first-order valence-electron chi connectivity index (χ1n) is 5.81. The molecule has 1 amide bonds. The minimum absolute atomic E-state index is 0.0140. The number of likely N-dealkylation sites (tertiary alicyclic amines) is 1. The van der Waals surface area contributed by atoms with Crippen LogP contribution in [-0.2, 0) is 10.5 Å². The van der Waals surface area contributed by atoms with Gasteiger partial charge in [0.15, 0.2) is 11.6 Å². The Labute approximate surface area is 110 Å². The average molecular weight is 269 g/mol. The Bertz CT molecular complexity index is 453. The molecule has 0 spiro atoms. The normalized spacial score (nSPS) is 19.4. The molecule has 0 bridgehead atoms. The Balaban J connectivity index is 1.94. The fraction of sp³-hybridized carbons (Fsp3) is 0.462. The molecule has 1 saturated heterocycles. The number of rotatable bonds is 4. The molecule has 0 aliphatic carbocycles. The van der Waals surface area contributed by atoms with Crippen molar-refractivity contribution in [3.63, 3.8) is 0 Å². The summed E-state index contributed by atoms with van der Waals surface area (Å²) >= 11 is 1.57. The van der Waals surface area contributed by atoms with Crippen molar-refractivity contribution >= 4 is 17.7 Å². The zero-order valence-corrected chi connectivity index (χ0v) is 11.3. The highest BCUT2D eigenvalue weighted by atomic mass is 32.2. The lowest BCUT2D eigenvalue weighted by Crippen LogP contribution is -2.23. The lowest BCUT2D eigenvalue weighted by molar-refractivity contribution is -0.126. The molecule has 2 rings (SSSR count). The van der Waals surface area contributed by atoms with Crippen LogP contribution in [0.2, 0.25) is 0 Å². The fourth-order valence-corrected chi connectivity index (χ4v) is 3.11. The number of hydrogen-bond donors (Lipinski definition) is 0. The molecule has 0 unspecified atom stereocenters. The van der Waals surface area contributed by atoms with Crippen molar-refractivity contribution in [2.75, 3.05) is 20.7 Å². The molecule has 1 heterocycles. The second-order valence-corrected chi connectivity index (χ2v) is 5.51. The van der Waals surface area contributed by atoms with Gasteiger partial charge in [-0.3, -0.25) is 4.79 Å². The van der Waals surface area contributed by atoms with Gasteiger partial charge in [0.25, 0.3) is 0 Å². The standard InChI is InChI=1S/C13H16FNO2S/c1-15-6-5-12(13(15)16)18-8-9-3-4-11(17-2)10(14)7-9/h3-4,7,12H,5-6,8H2,1-2H3/t12-/m1/s1. The monoisotopic (exact) mass is 269 g/mol. The molecule has 0 saturated carbocycles. The number of thioether (sulfide) groups is 1. The third-order valence-electron chi connectivity index (χ3n) is 3.05. The van der Waals surface area contributed by atoms with Gasteiger partial charge in [-0.2, -0.15) is 0 Å². The van der Waals surface area contributed by atoms with Crippen LogP contribution in [0.25, 0.3) is 0 Å². The molecule has 1 atom stereocenters. The lowest BCUT2D eigenvalue weighted by Gasteiger charge is -2.10. The van der Waals surface area contributed by atoms with Crippen LogP contribution in [0, 0.1) is 5.82 Å². The van der Waals surface area contributed by atoms with Crippen LogP contribution in [0.3, 0.4) is 0 Å². The van der Waals surface area contributed by atoms with Crippen molar-refractivity contribution in [2.45, 2.75) is 17.4 Å². The minimum atomic E-state index is -0.356. The molecule has 1 aliphatic rings. The zero-order chi connectivity index (χ0) is 13.1. The van der Waals surface area contributed by atoms with Gasteiger partial charge in [0, 0.05) is 19.3 Å². The van der Waals surface area contributed by atoms with E-state index in [4.69, 9.17) is 4.74 Å². The predicted molar refractivity (Wildman–Crippen MR) is 70.3 cm³/mol. The number of carbonyl (C=O) groups is 1. The second kappa shape index (κ2) is 5.61. The summed E-state index contributed by atoms with van der Waals surface area (Å²) < 4.78 is 18.3. The lowest BCUT2D eigenvalue weighted by atomic mass is 10.2. The summed E-state index contributed by atoms with van der Waals surface area (Å²) in [6.45, 7) is 0.813. The van der Waals surface area contributed by atoms with Crippen LogP contribution in [-0.4, -0.2) is 36.8 Å². The number of hydrogen-bond acceptors (Lipinski definition) is 3. The highest BCUT2D eigenvalue weighted by molar-refractivity contribution is 7.99. The molecule has 5 heteroatoms. The van der Waals surface area contributed by atoms with E-state index in [-0.39, 0.29) is 22.7 Å². The number of carbonyl (C=O) groups excluding carboxylic acids is 1. The molecule has 98 valence electrons. The van der Waals surface area contributed by atoms with E-state index in [1.54, 1.807) is 22.7 Å². The van der Waals surface area contributed by atoms with Crippen molar-refractivity contribution in [1.82, 2.24) is 4.90 Å². The van der Waals surface area contributed by atoms with Crippen molar-refractivity contribution in [2.24, 2.45) is 0 Å². The van der Waals surface area contributed by atoms with E-state index in [1.165, 1.54) is 13.2 Å². The van der Waals surface area contributed by atoms with E-state index in [0.717, 1.165) is 18.5 Å². The molecule has 1 aromatic carbocycles. The van der Waals surface area contributed by atoms with Crippen LogP contribution in [0.15, 0.2) is 18.2 Å². The second-order valence-electron chi connectivity index (χ2n) is 4.32. The smallest absolute Gasteiger partial charge is 0.235 e. The van der Waals surface area contributed by atoms with Crippen molar-refractivity contribution in [3.8, 4) is 5.75 Å². The molecular weight excluding hydrogens is 253 g/mol. The quantitative estimate of drug-likeness (QED) is 0.840. The van der Waals surface area contributed by atoms with Crippen molar-refractivity contribution < 1.29 is 13.9 Å². The Hall–Kier alpha value is -1.23. The Kier molecular flexibility index (Phi) is 4.11. The molecule has 3 nitrogen and oxygen atoms in total. The van der Waals surface area contributed by atoms with Gasteiger partial charge in [0.1, 0.15) is 0 Å². The molecule has 1 aromatic rings. The van der Waals surface area contributed by atoms with Gasteiger partial charge in [0.2, 0.25) is 5.91 Å². The highest BCUT2D eigenvalue weighted by Gasteiger charge is 2.29. The summed E-state index contributed by atoms with van der Waals surface area (Å²) in [7, 11) is 3.26. The fourth-order valence-electron chi connectivity index (χ4n) is 1.94. The van der Waals surface area contributed by atoms with Crippen LogP contribution < -0.4 is 4.74 Å². The van der Waals surface area contributed by atoms with Crippen LogP contribution in [0.1, 0.15) is 12.0 Å². The Morgan fingerprint density at radius 1 is 1.56 bits per heavy atom. The Morgan fingerprint density at radius 3 is 2.89 bits per heavy atom. The predicted octanol–water partition coefficient (Wildman–Crippen LogP) is 2.30. The molecular formula is C13H16FNO2S. The summed E-state index contributed by atoms with van der Waals surface area (Å²) in [5.74, 6) is 0.713. The molecule has 0 N–H and O–H groups in total. The third-order valence-corrected chi connectivity index (χ3v) is 4.39. The summed E-state index contributed by atoms with van der Waals surface area (Å²) in [5.41, 5.74) is 0.876. The van der Waals surface area contributed by atoms with Gasteiger partial charge in [0.05, 0.1) is 12.4 Å². The summed E-state index contributed by atoms with van der Waals surface area (Å²) in [6, 6.07) is 4.92. The average Bonchev–Trinajstić information content (AvgIpc) is 2.68. The highest BCUT2D eigenvalue weighted by Crippen LogP contribution is 2.27. The maximum Gasteiger partial charge on any atom is 0.235 e.